The largest absolute Gasteiger partial charge is 0.497 e. The van der Waals surface area contributed by atoms with E-state index in [9.17, 15) is 4.79 Å². The summed E-state index contributed by atoms with van der Waals surface area (Å²) in [6.45, 7) is 0. The third kappa shape index (κ3) is 5.07. The number of carbonyl (C=O) groups is 1. The molecule has 0 atom stereocenters. The summed E-state index contributed by atoms with van der Waals surface area (Å²) in [5.41, 5.74) is 2.71. The molecule has 0 aliphatic carbocycles. The summed E-state index contributed by atoms with van der Waals surface area (Å²) >= 11 is 0. The van der Waals surface area contributed by atoms with Crippen LogP contribution in [0.25, 0.3) is 6.08 Å². The Hall–Kier alpha value is -2.95. The van der Waals surface area contributed by atoms with E-state index in [-0.39, 0.29) is 6.03 Å². The lowest BCUT2D eigenvalue weighted by Gasteiger charge is -2.13. The van der Waals surface area contributed by atoms with Crippen LogP contribution in [0.2, 0.25) is 0 Å². The smallest absolute Gasteiger partial charge is 0.323 e. The van der Waals surface area contributed by atoms with E-state index in [1.807, 2.05) is 67.5 Å². The average molecular weight is 311 g/mol. The number of amides is 2. The van der Waals surface area contributed by atoms with Crippen molar-refractivity contribution in [3.63, 3.8) is 0 Å². The van der Waals surface area contributed by atoms with Crippen LogP contribution >= 0.6 is 0 Å². The molecular formula is C18H21N3O2. The highest BCUT2D eigenvalue weighted by Crippen LogP contribution is 2.17. The van der Waals surface area contributed by atoms with E-state index < -0.39 is 0 Å². The molecule has 2 aromatic carbocycles. The third-order valence-electron chi connectivity index (χ3n) is 3.20. The van der Waals surface area contributed by atoms with Crippen LogP contribution in [0.5, 0.6) is 5.75 Å². The zero-order chi connectivity index (χ0) is 16.7. The van der Waals surface area contributed by atoms with Crippen LogP contribution in [-0.4, -0.2) is 27.2 Å². The Morgan fingerprint density at radius 1 is 1.13 bits per heavy atom. The topological polar surface area (TPSA) is 53.6 Å². The lowest BCUT2D eigenvalue weighted by Crippen LogP contribution is -2.23. The molecule has 5 heteroatoms. The van der Waals surface area contributed by atoms with Gasteiger partial charge in [-0.3, -0.25) is 0 Å². The second kappa shape index (κ2) is 7.89. The zero-order valence-corrected chi connectivity index (χ0v) is 13.5. The number of ether oxygens (including phenoxy) is 1. The maximum absolute atomic E-state index is 11.9. The Bertz CT molecular complexity index is 696. The predicted octanol–water partition coefficient (Wildman–Crippen LogP) is 3.55. The molecule has 0 unspecified atom stereocenters. The Kier molecular flexibility index (Phi) is 5.63. The van der Waals surface area contributed by atoms with Crippen LogP contribution in [0.15, 0.2) is 54.7 Å². The van der Waals surface area contributed by atoms with Gasteiger partial charge in [0.15, 0.2) is 0 Å². The number of nitrogens with one attached hydrogen (secondary N) is 2. The quantitative estimate of drug-likeness (QED) is 0.888. The van der Waals surface area contributed by atoms with Crippen LogP contribution in [-0.2, 0) is 0 Å². The maximum atomic E-state index is 11.9. The van der Waals surface area contributed by atoms with E-state index in [0.29, 0.717) is 0 Å². The molecule has 0 aromatic heterocycles. The van der Waals surface area contributed by atoms with E-state index in [1.54, 1.807) is 19.4 Å². The molecule has 0 spiro atoms. The molecule has 2 N–H and O–H groups in total. The first-order valence-electron chi connectivity index (χ1n) is 7.24. The van der Waals surface area contributed by atoms with Gasteiger partial charge in [0.1, 0.15) is 5.75 Å². The van der Waals surface area contributed by atoms with Crippen molar-refractivity contribution in [3.05, 3.63) is 60.3 Å². The van der Waals surface area contributed by atoms with Crippen molar-refractivity contribution in [2.75, 3.05) is 31.4 Å². The second-order valence-electron chi connectivity index (χ2n) is 5.15. The fourth-order valence-electron chi connectivity index (χ4n) is 1.99. The first-order chi connectivity index (χ1) is 11.1. The highest BCUT2D eigenvalue weighted by molar-refractivity contribution is 5.90. The van der Waals surface area contributed by atoms with E-state index in [2.05, 4.69) is 10.6 Å². The molecule has 2 aromatic rings. The van der Waals surface area contributed by atoms with Gasteiger partial charge in [-0.15, -0.1) is 0 Å². The molecule has 0 radical (unpaired) electrons. The lowest BCUT2D eigenvalue weighted by atomic mass is 10.2. The fraction of sp³-hybridized carbons (Fsp3) is 0.167. The molecule has 2 rings (SSSR count). The predicted molar refractivity (Wildman–Crippen MR) is 95.0 cm³/mol. The Morgan fingerprint density at radius 2 is 1.91 bits per heavy atom. The van der Waals surface area contributed by atoms with E-state index >= 15 is 0 Å². The normalized spacial score (nSPS) is 10.4. The third-order valence-corrected chi connectivity index (χ3v) is 3.20. The molecule has 23 heavy (non-hydrogen) atoms. The van der Waals surface area contributed by atoms with Crippen LogP contribution in [0.3, 0.4) is 0 Å². The Labute approximate surface area is 136 Å². The molecule has 0 saturated heterocycles. The highest BCUT2D eigenvalue weighted by atomic mass is 16.5. The summed E-state index contributed by atoms with van der Waals surface area (Å²) in [6, 6.07) is 14.9. The molecule has 120 valence electrons. The molecule has 5 nitrogen and oxygen atoms in total. The van der Waals surface area contributed by atoms with E-state index in [0.717, 1.165) is 22.7 Å². The molecule has 0 aliphatic rings. The lowest BCUT2D eigenvalue weighted by molar-refractivity contribution is 0.255. The molecule has 0 fully saturated rings. The van der Waals surface area contributed by atoms with Gasteiger partial charge in [0.25, 0.3) is 0 Å². The number of hydrogen-bond donors (Lipinski definition) is 2. The summed E-state index contributed by atoms with van der Waals surface area (Å²) in [7, 11) is 5.53. The maximum Gasteiger partial charge on any atom is 0.323 e. The number of hydrogen-bond acceptors (Lipinski definition) is 3. The van der Waals surface area contributed by atoms with Gasteiger partial charge in [-0.05, 0) is 42.0 Å². The Morgan fingerprint density at radius 3 is 2.65 bits per heavy atom. The second-order valence-corrected chi connectivity index (χ2v) is 5.15. The van der Waals surface area contributed by atoms with Crippen molar-refractivity contribution < 1.29 is 9.53 Å². The molecule has 0 aliphatic heterocycles. The van der Waals surface area contributed by atoms with Crippen LogP contribution < -0.4 is 20.3 Å². The summed E-state index contributed by atoms with van der Waals surface area (Å²) in [4.78, 5) is 13.9. The van der Waals surface area contributed by atoms with Gasteiger partial charge in [0.2, 0.25) is 0 Å². The van der Waals surface area contributed by atoms with E-state index in [4.69, 9.17) is 4.74 Å². The highest BCUT2D eigenvalue weighted by Gasteiger charge is 2.01. The van der Waals surface area contributed by atoms with Crippen LogP contribution in [0.4, 0.5) is 16.2 Å². The standard InChI is InChI=1S/C18H21N3O2/c1-21(2)16-8-5-7-15(13-16)20-18(22)19-11-10-14-6-4-9-17(12-14)23-3/h4-13H,1-3H3,(H2,19,20,22)/b11-10+. The summed E-state index contributed by atoms with van der Waals surface area (Å²) in [6.07, 6.45) is 3.40. The van der Waals surface area contributed by atoms with Gasteiger partial charge in [-0.25, -0.2) is 4.79 Å². The van der Waals surface area contributed by atoms with Crippen molar-refractivity contribution in [2.24, 2.45) is 0 Å². The van der Waals surface area contributed by atoms with Crippen molar-refractivity contribution in [1.29, 1.82) is 0 Å². The Balaban J connectivity index is 1.92. The molecular weight excluding hydrogens is 290 g/mol. The van der Waals surface area contributed by atoms with Gasteiger partial charge < -0.3 is 20.3 Å². The number of benzene rings is 2. The number of urea groups is 1. The molecule has 0 bridgehead atoms. The average Bonchev–Trinajstić information content (AvgIpc) is 2.55. The van der Waals surface area contributed by atoms with Crippen molar-refractivity contribution >= 4 is 23.5 Å². The monoisotopic (exact) mass is 311 g/mol. The minimum atomic E-state index is -0.292. The number of carbonyl (C=O) groups excluding carboxylic acids is 1. The van der Waals surface area contributed by atoms with Crippen LogP contribution in [0, 0.1) is 0 Å². The minimum Gasteiger partial charge on any atom is -0.497 e. The van der Waals surface area contributed by atoms with Gasteiger partial charge in [0, 0.05) is 31.7 Å². The SMILES string of the molecule is COc1cccc(/C=C/NC(=O)Nc2cccc(N(C)C)c2)c1. The van der Waals surface area contributed by atoms with E-state index in [1.165, 1.54) is 0 Å². The number of rotatable bonds is 5. The first-order valence-corrected chi connectivity index (χ1v) is 7.24. The van der Waals surface area contributed by atoms with Crippen molar-refractivity contribution in [1.82, 2.24) is 5.32 Å². The fourth-order valence-corrected chi connectivity index (χ4v) is 1.99. The van der Waals surface area contributed by atoms with Crippen LogP contribution in [0.1, 0.15) is 5.56 Å². The van der Waals surface area contributed by atoms with Gasteiger partial charge >= 0.3 is 6.03 Å². The number of nitrogens with zero attached hydrogens (tertiary/aromatic N) is 1. The summed E-state index contributed by atoms with van der Waals surface area (Å²) < 4.78 is 5.15. The summed E-state index contributed by atoms with van der Waals surface area (Å²) in [5.74, 6) is 0.775. The minimum absolute atomic E-state index is 0.292. The van der Waals surface area contributed by atoms with Crippen molar-refractivity contribution in [3.8, 4) is 5.75 Å². The van der Waals surface area contributed by atoms with Gasteiger partial charge in [0.05, 0.1) is 7.11 Å². The van der Waals surface area contributed by atoms with Crippen molar-refractivity contribution in [2.45, 2.75) is 0 Å². The van der Waals surface area contributed by atoms with Gasteiger partial charge in [-0.2, -0.15) is 0 Å². The molecule has 2 amide bonds. The first kappa shape index (κ1) is 16.4. The molecule has 0 heterocycles. The number of methoxy groups -OCH3 is 1. The molecule has 0 saturated carbocycles. The zero-order valence-electron chi connectivity index (χ0n) is 13.5. The number of anilines is 2. The summed E-state index contributed by atoms with van der Waals surface area (Å²) in [5, 5.41) is 5.47. The van der Waals surface area contributed by atoms with Gasteiger partial charge in [-0.1, -0.05) is 18.2 Å².